The molecule has 120 valence electrons. The maximum atomic E-state index is 12.2. The Morgan fingerprint density at radius 1 is 1.14 bits per heavy atom. The standard InChI is InChI=1S/C15H19NO5S/c1-20-12-8-11(15(16-10-17)6-4-5-7-15)14(22(3,18)19)9-13(12)21-2/h8-9H,4-7H2,1-3H3. The number of methoxy groups -OCH3 is 2. The predicted octanol–water partition coefficient (Wildman–Crippen LogP) is 2.21. The first kappa shape index (κ1) is 16.5. The number of isocyanates is 1. The van der Waals surface area contributed by atoms with Crippen molar-refractivity contribution >= 4 is 15.9 Å². The number of carbonyl (C=O) groups excluding carboxylic acids is 1. The minimum atomic E-state index is -3.51. The lowest BCUT2D eigenvalue weighted by Crippen LogP contribution is -2.22. The van der Waals surface area contributed by atoms with Crippen molar-refractivity contribution < 1.29 is 22.7 Å². The Kier molecular flexibility index (Phi) is 4.58. The molecule has 1 saturated carbocycles. The van der Waals surface area contributed by atoms with Gasteiger partial charge < -0.3 is 9.47 Å². The van der Waals surface area contributed by atoms with E-state index in [0.717, 1.165) is 19.1 Å². The summed E-state index contributed by atoms with van der Waals surface area (Å²) in [6.45, 7) is 0. The topological polar surface area (TPSA) is 82.0 Å². The summed E-state index contributed by atoms with van der Waals surface area (Å²) in [6, 6.07) is 3.05. The number of benzene rings is 1. The highest BCUT2D eigenvalue weighted by Gasteiger charge is 2.40. The molecule has 0 spiro atoms. The number of ether oxygens (including phenoxy) is 2. The zero-order valence-electron chi connectivity index (χ0n) is 12.9. The first-order valence-electron chi connectivity index (χ1n) is 6.93. The van der Waals surface area contributed by atoms with Crippen molar-refractivity contribution in [2.75, 3.05) is 20.5 Å². The van der Waals surface area contributed by atoms with Crippen molar-refractivity contribution in [1.82, 2.24) is 0 Å². The summed E-state index contributed by atoms with van der Waals surface area (Å²) < 4.78 is 34.8. The Labute approximate surface area is 130 Å². The van der Waals surface area contributed by atoms with Gasteiger partial charge in [-0.3, -0.25) is 0 Å². The van der Waals surface area contributed by atoms with Gasteiger partial charge in [-0.15, -0.1) is 0 Å². The molecule has 0 bridgehead atoms. The molecule has 0 unspecified atom stereocenters. The number of hydrogen-bond donors (Lipinski definition) is 0. The first-order chi connectivity index (χ1) is 10.4. The van der Waals surface area contributed by atoms with Crippen LogP contribution in [0.2, 0.25) is 0 Å². The van der Waals surface area contributed by atoms with Gasteiger partial charge in [0.15, 0.2) is 21.3 Å². The van der Waals surface area contributed by atoms with E-state index in [-0.39, 0.29) is 4.90 Å². The molecule has 2 rings (SSSR count). The second kappa shape index (κ2) is 6.10. The van der Waals surface area contributed by atoms with Crippen LogP contribution in [0.15, 0.2) is 22.0 Å². The number of nitrogens with zero attached hydrogens (tertiary/aromatic N) is 1. The lowest BCUT2D eigenvalue weighted by molar-refractivity contribution is 0.350. The molecule has 1 aliphatic rings. The normalized spacial score (nSPS) is 16.9. The van der Waals surface area contributed by atoms with Gasteiger partial charge in [0.2, 0.25) is 6.08 Å². The third kappa shape index (κ3) is 2.87. The molecule has 7 heteroatoms. The van der Waals surface area contributed by atoms with Crippen LogP contribution in [0.4, 0.5) is 0 Å². The van der Waals surface area contributed by atoms with Crippen molar-refractivity contribution in [1.29, 1.82) is 0 Å². The van der Waals surface area contributed by atoms with Crippen LogP contribution >= 0.6 is 0 Å². The fourth-order valence-corrected chi connectivity index (χ4v) is 3.99. The van der Waals surface area contributed by atoms with E-state index in [1.165, 1.54) is 20.3 Å². The molecule has 22 heavy (non-hydrogen) atoms. The fourth-order valence-electron chi connectivity index (χ4n) is 3.02. The zero-order valence-corrected chi connectivity index (χ0v) is 13.7. The lowest BCUT2D eigenvalue weighted by Gasteiger charge is -2.26. The number of hydrogen-bond acceptors (Lipinski definition) is 6. The summed E-state index contributed by atoms with van der Waals surface area (Å²) in [4.78, 5) is 15.0. The molecule has 1 aliphatic carbocycles. The van der Waals surface area contributed by atoms with Crippen LogP contribution < -0.4 is 9.47 Å². The van der Waals surface area contributed by atoms with Crippen LogP contribution in [0.3, 0.4) is 0 Å². The molecule has 0 aromatic heterocycles. The average molecular weight is 325 g/mol. The van der Waals surface area contributed by atoms with Crippen molar-refractivity contribution in [2.45, 2.75) is 36.1 Å². The van der Waals surface area contributed by atoms with Crippen LogP contribution in [0.1, 0.15) is 31.2 Å². The summed E-state index contributed by atoms with van der Waals surface area (Å²) in [6.07, 6.45) is 5.71. The Morgan fingerprint density at radius 3 is 2.14 bits per heavy atom. The third-order valence-corrected chi connectivity index (χ3v) is 5.21. The Bertz CT molecular complexity index is 714. The van der Waals surface area contributed by atoms with Crippen LogP contribution in [-0.4, -0.2) is 35.0 Å². The molecular formula is C15H19NO5S. The molecular weight excluding hydrogens is 306 g/mol. The van der Waals surface area contributed by atoms with Crippen molar-refractivity contribution in [2.24, 2.45) is 4.99 Å². The highest BCUT2D eigenvalue weighted by atomic mass is 32.2. The van der Waals surface area contributed by atoms with E-state index in [2.05, 4.69) is 4.99 Å². The van der Waals surface area contributed by atoms with E-state index in [1.807, 2.05) is 0 Å². The Morgan fingerprint density at radius 2 is 1.68 bits per heavy atom. The molecule has 0 atom stereocenters. The molecule has 6 nitrogen and oxygen atoms in total. The Hall–Kier alpha value is -1.85. The average Bonchev–Trinajstić information content (AvgIpc) is 2.95. The zero-order chi connectivity index (χ0) is 16.4. The summed E-state index contributed by atoms with van der Waals surface area (Å²) >= 11 is 0. The second-order valence-corrected chi connectivity index (χ2v) is 7.40. The van der Waals surface area contributed by atoms with Crippen molar-refractivity contribution in [3.8, 4) is 11.5 Å². The van der Waals surface area contributed by atoms with Gasteiger partial charge in [-0.1, -0.05) is 12.8 Å². The van der Waals surface area contributed by atoms with E-state index in [0.29, 0.717) is 29.9 Å². The molecule has 0 radical (unpaired) electrons. The second-order valence-electron chi connectivity index (χ2n) is 5.42. The molecule has 0 heterocycles. The highest BCUT2D eigenvalue weighted by molar-refractivity contribution is 7.90. The van der Waals surface area contributed by atoms with Crippen molar-refractivity contribution in [3.05, 3.63) is 17.7 Å². The van der Waals surface area contributed by atoms with Gasteiger partial charge in [0.1, 0.15) is 0 Å². The van der Waals surface area contributed by atoms with E-state index >= 15 is 0 Å². The molecule has 0 amide bonds. The number of aliphatic imine (C=N–C) groups is 1. The molecule has 0 aliphatic heterocycles. The van der Waals surface area contributed by atoms with Gasteiger partial charge in [0.25, 0.3) is 0 Å². The predicted molar refractivity (Wildman–Crippen MR) is 80.9 cm³/mol. The molecule has 1 aromatic rings. The van der Waals surface area contributed by atoms with Crippen LogP contribution in [0.25, 0.3) is 0 Å². The first-order valence-corrected chi connectivity index (χ1v) is 8.83. The summed E-state index contributed by atoms with van der Waals surface area (Å²) in [7, 11) is -0.589. The van der Waals surface area contributed by atoms with Gasteiger partial charge in [0.05, 0.1) is 24.7 Å². The summed E-state index contributed by atoms with van der Waals surface area (Å²) in [5, 5.41) is 0. The smallest absolute Gasteiger partial charge is 0.235 e. The number of rotatable bonds is 5. The van der Waals surface area contributed by atoms with E-state index in [1.54, 1.807) is 12.1 Å². The quantitative estimate of drug-likeness (QED) is 0.612. The maximum Gasteiger partial charge on any atom is 0.235 e. The summed E-state index contributed by atoms with van der Waals surface area (Å²) in [5.74, 6) is 0.743. The van der Waals surface area contributed by atoms with Gasteiger partial charge in [-0.05, 0) is 18.9 Å². The molecule has 1 aromatic carbocycles. The van der Waals surface area contributed by atoms with Gasteiger partial charge >= 0.3 is 0 Å². The molecule has 0 N–H and O–H groups in total. The fraction of sp³-hybridized carbons (Fsp3) is 0.533. The minimum absolute atomic E-state index is 0.117. The summed E-state index contributed by atoms with van der Waals surface area (Å²) in [5.41, 5.74) is -0.367. The van der Waals surface area contributed by atoms with E-state index in [9.17, 15) is 13.2 Å². The third-order valence-electron chi connectivity index (χ3n) is 4.08. The largest absolute Gasteiger partial charge is 0.493 e. The maximum absolute atomic E-state index is 12.2. The highest BCUT2D eigenvalue weighted by Crippen LogP contribution is 2.47. The van der Waals surface area contributed by atoms with Gasteiger partial charge in [-0.2, -0.15) is 4.99 Å². The van der Waals surface area contributed by atoms with E-state index in [4.69, 9.17) is 9.47 Å². The Balaban J connectivity index is 2.80. The van der Waals surface area contributed by atoms with E-state index < -0.39 is 15.4 Å². The molecule has 1 fully saturated rings. The lowest BCUT2D eigenvalue weighted by atomic mass is 9.88. The van der Waals surface area contributed by atoms with Crippen molar-refractivity contribution in [3.63, 3.8) is 0 Å². The molecule has 0 saturated heterocycles. The van der Waals surface area contributed by atoms with Gasteiger partial charge in [0, 0.05) is 17.9 Å². The van der Waals surface area contributed by atoms with Crippen LogP contribution in [-0.2, 0) is 20.2 Å². The minimum Gasteiger partial charge on any atom is -0.493 e. The monoisotopic (exact) mass is 325 g/mol. The SMILES string of the molecule is COc1cc(C2(N=C=O)CCCC2)c(S(C)(=O)=O)cc1OC. The van der Waals surface area contributed by atoms with Crippen LogP contribution in [0, 0.1) is 0 Å². The van der Waals surface area contributed by atoms with Gasteiger partial charge in [-0.25, -0.2) is 13.2 Å². The van der Waals surface area contributed by atoms with Crippen LogP contribution in [0.5, 0.6) is 11.5 Å². The number of sulfone groups is 1.